The van der Waals surface area contributed by atoms with Crippen LogP contribution in [0, 0.1) is 0 Å². The first-order valence-electron chi connectivity index (χ1n) is 9.60. The van der Waals surface area contributed by atoms with Gasteiger partial charge in [-0.25, -0.2) is 0 Å². The van der Waals surface area contributed by atoms with E-state index in [1.54, 1.807) is 30.2 Å². The summed E-state index contributed by atoms with van der Waals surface area (Å²) < 4.78 is 18.2. The number of methoxy groups -OCH3 is 1. The van der Waals surface area contributed by atoms with Crippen LogP contribution in [0.4, 0.5) is 0 Å². The number of ether oxygens (including phenoxy) is 3. The standard InChI is InChI=1S/C23H24N2O4/c1-27-13-12-25(23(26)19-9-10-21-22(14-19)29-17-28-21)16-20-8-5-11-24(20)15-18-6-3-2-4-7-18/h2-11,14H,12-13,15-17H2,1H3. The van der Waals surface area contributed by atoms with Crippen LogP contribution in [0.15, 0.2) is 66.9 Å². The van der Waals surface area contributed by atoms with Crippen molar-refractivity contribution in [3.05, 3.63) is 83.7 Å². The SMILES string of the molecule is COCCN(Cc1cccn1Cc1ccccc1)C(=O)c1ccc2c(c1)OCO2. The van der Waals surface area contributed by atoms with Crippen molar-refractivity contribution in [1.82, 2.24) is 9.47 Å². The summed E-state index contributed by atoms with van der Waals surface area (Å²) in [6, 6.07) is 19.6. The maximum atomic E-state index is 13.2. The van der Waals surface area contributed by atoms with Gasteiger partial charge in [-0.3, -0.25) is 4.79 Å². The Hall–Kier alpha value is -3.25. The fraction of sp³-hybridized carbons (Fsp3) is 0.261. The van der Waals surface area contributed by atoms with Gasteiger partial charge in [0, 0.05) is 37.7 Å². The molecular weight excluding hydrogens is 368 g/mol. The summed E-state index contributed by atoms with van der Waals surface area (Å²) in [5, 5.41) is 0. The Morgan fingerprint density at radius 2 is 1.90 bits per heavy atom. The molecule has 2 aromatic carbocycles. The highest BCUT2D eigenvalue weighted by Crippen LogP contribution is 2.33. The summed E-state index contributed by atoms with van der Waals surface area (Å²) in [5.74, 6) is 1.21. The first-order valence-corrected chi connectivity index (χ1v) is 9.60. The van der Waals surface area contributed by atoms with Crippen LogP contribution in [-0.4, -0.2) is 42.4 Å². The van der Waals surface area contributed by atoms with E-state index in [-0.39, 0.29) is 12.7 Å². The van der Waals surface area contributed by atoms with Crippen LogP contribution in [0.2, 0.25) is 0 Å². The Morgan fingerprint density at radius 1 is 1.07 bits per heavy atom. The minimum Gasteiger partial charge on any atom is -0.454 e. The van der Waals surface area contributed by atoms with Gasteiger partial charge < -0.3 is 23.7 Å². The lowest BCUT2D eigenvalue weighted by molar-refractivity contribution is 0.0675. The Labute approximate surface area is 170 Å². The molecule has 1 aliphatic heterocycles. The Bertz CT molecular complexity index is 968. The average Bonchev–Trinajstić information content (AvgIpc) is 3.40. The second kappa shape index (κ2) is 8.84. The van der Waals surface area contributed by atoms with E-state index >= 15 is 0 Å². The summed E-state index contributed by atoms with van der Waals surface area (Å²) in [6.45, 7) is 2.42. The van der Waals surface area contributed by atoms with Crippen molar-refractivity contribution in [2.75, 3.05) is 27.1 Å². The van der Waals surface area contributed by atoms with Gasteiger partial charge >= 0.3 is 0 Å². The quantitative estimate of drug-likeness (QED) is 0.588. The van der Waals surface area contributed by atoms with Crippen molar-refractivity contribution in [2.45, 2.75) is 13.1 Å². The summed E-state index contributed by atoms with van der Waals surface area (Å²) in [4.78, 5) is 15.0. The molecule has 3 aromatic rings. The van der Waals surface area contributed by atoms with Crippen LogP contribution < -0.4 is 9.47 Å². The van der Waals surface area contributed by atoms with Crippen LogP contribution >= 0.6 is 0 Å². The predicted molar refractivity (Wildman–Crippen MR) is 109 cm³/mol. The van der Waals surface area contributed by atoms with Gasteiger partial charge in [0.1, 0.15) is 0 Å². The highest BCUT2D eigenvalue weighted by molar-refractivity contribution is 5.95. The van der Waals surface area contributed by atoms with Gasteiger partial charge in [0.25, 0.3) is 5.91 Å². The van der Waals surface area contributed by atoms with E-state index in [0.29, 0.717) is 36.8 Å². The molecule has 6 nitrogen and oxygen atoms in total. The average molecular weight is 392 g/mol. The van der Waals surface area contributed by atoms with E-state index in [0.717, 1.165) is 12.2 Å². The lowest BCUT2D eigenvalue weighted by Gasteiger charge is -2.23. The molecule has 0 unspecified atom stereocenters. The van der Waals surface area contributed by atoms with Crippen molar-refractivity contribution in [3.8, 4) is 11.5 Å². The molecular formula is C23H24N2O4. The number of aromatic nitrogens is 1. The first kappa shape index (κ1) is 19.1. The number of amides is 1. The second-order valence-corrected chi connectivity index (χ2v) is 6.90. The number of hydrogen-bond donors (Lipinski definition) is 0. The second-order valence-electron chi connectivity index (χ2n) is 6.90. The van der Waals surface area contributed by atoms with Crippen LogP contribution in [0.3, 0.4) is 0 Å². The van der Waals surface area contributed by atoms with Gasteiger partial charge in [0.2, 0.25) is 6.79 Å². The molecule has 1 aliphatic rings. The topological polar surface area (TPSA) is 52.9 Å². The lowest BCUT2D eigenvalue weighted by atomic mass is 10.1. The summed E-state index contributed by atoms with van der Waals surface area (Å²) in [7, 11) is 1.64. The van der Waals surface area contributed by atoms with Gasteiger partial charge in [0.05, 0.1) is 13.2 Å². The Morgan fingerprint density at radius 3 is 2.72 bits per heavy atom. The normalized spacial score (nSPS) is 12.2. The van der Waals surface area contributed by atoms with Crippen molar-refractivity contribution >= 4 is 5.91 Å². The number of hydrogen-bond acceptors (Lipinski definition) is 4. The Kier molecular flexibility index (Phi) is 5.81. The number of fused-ring (bicyclic) bond motifs is 1. The zero-order valence-electron chi connectivity index (χ0n) is 16.4. The van der Waals surface area contributed by atoms with Gasteiger partial charge in [-0.15, -0.1) is 0 Å². The van der Waals surface area contributed by atoms with E-state index in [2.05, 4.69) is 22.8 Å². The molecule has 0 saturated heterocycles. The van der Waals surface area contributed by atoms with Gasteiger partial charge in [0.15, 0.2) is 11.5 Å². The summed E-state index contributed by atoms with van der Waals surface area (Å²) in [5.41, 5.74) is 2.86. The van der Waals surface area contributed by atoms with Gasteiger partial charge in [-0.2, -0.15) is 0 Å². The van der Waals surface area contributed by atoms with E-state index < -0.39 is 0 Å². The first-order chi connectivity index (χ1) is 14.2. The molecule has 0 N–H and O–H groups in total. The van der Waals surface area contributed by atoms with Crippen LogP contribution in [0.25, 0.3) is 0 Å². The third-order valence-corrected chi connectivity index (χ3v) is 4.94. The minimum atomic E-state index is -0.0622. The molecule has 4 rings (SSSR count). The number of carbonyl (C=O) groups excluding carboxylic acids is 1. The summed E-state index contributed by atoms with van der Waals surface area (Å²) >= 11 is 0. The predicted octanol–water partition coefficient (Wildman–Crippen LogP) is 3.55. The molecule has 0 radical (unpaired) electrons. The number of rotatable bonds is 8. The monoisotopic (exact) mass is 392 g/mol. The fourth-order valence-corrected chi connectivity index (χ4v) is 3.39. The molecule has 0 fully saturated rings. The number of carbonyl (C=O) groups is 1. The van der Waals surface area contributed by atoms with E-state index in [4.69, 9.17) is 14.2 Å². The van der Waals surface area contributed by atoms with Crippen LogP contribution in [-0.2, 0) is 17.8 Å². The molecule has 1 amide bonds. The molecule has 29 heavy (non-hydrogen) atoms. The van der Waals surface area contributed by atoms with Crippen LogP contribution in [0.1, 0.15) is 21.6 Å². The minimum absolute atomic E-state index is 0.0622. The van der Waals surface area contributed by atoms with Crippen molar-refractivity contribution in [1.29, 1.82) is 0 Å². The molecule has 0 saturated carbocycles. The Balaban J connectivity index is 1.53. The molecule has 0 aliphatic carbocycles. The van der Waals surface area contributed by atoms with Crippen molar-refractivity contribution < 1.29 is 19.0 Å². The largest absolute Gasteiger partial charge is 0.454 e. The highest BCUT2D eigenvalue weighted by atomic mass is 16.7. The maximum absolute atomic E-state index is 13.2. The van der Waals surface area contributed by atoms with Gasteiger partial charge in [-0.1, -0.05) is 30.3 Å². The zero-order valence-corrected chi connectivity index (χ0v) is 16.4. The molecule has 2 heterocycles. The molecule has 0 spiro atoms. The number of benzene rings is 2. The van der Waals surface area contributed by atoms with Gasteiger partial charge in [-0.05, 0) is 35.9 Å². The zero-order chi connectivity index (χ0) is 20.1. The van der Waals surface area contributed by atoms with Crippen molar-refractivity contribution in [3.63, 3.8) is 0 Å². The molecule has 0 bridgehead atoms. The van der Waals surface area contributed by atoms with E-state index in [9.17, 15) is 4.79 Å². The van der Waals surface area contributed by atoms with Crippen molar-refractivity contribution in [2.24, 2.45) is 0 Å². The maximum Gasteiger partial charge on any atom is 0.254 e. The van der Waals surface area contributed by atoms with E-state index in [1.807, 2.05) is 30.5 Å². The summed E-state index contributed by atoms with van der Waals surface area (Å²) in [6.07, 6.45) is 2.04. The number of nitrogens with zero attached hydrogens (tertiary/aromatic N) is 2. The third kappa shape index (κ3) is 4.43. The molecule has 150 valence electrons. The highest BCUT2D eigenvalue weighted by Gasteiger charge is 2.21. The molecule has 6 heteroatoms. The molecule has 0 atom stereocenters. The smallest absolute Gasteiger partial charge is 0.254 e. The van der Waals surface area contributed by atoms with E-state index in [1.165, 1.54) is 5.56 Å². The molecule has 1 aromatic heterocycles. The third-order valence-electron chi connectivity index (χ3n) is 4.94. The van der Waals surface area contributed by atoms with Crippen LogP contribution in [0.5, 0.6) is 11.5 Å². The lowest BCUT2D eigenvalue weighted by Crippen LogP contribution is -2.34. The fourth-order valence-electron chi connectivity index (χ4n) is 3.39.